The van der Waals surface area contributed by atoms with Crippen LogP contribution in [0.3, 0.4) is 0 Å². The molecule has 22 heavy (non-hydrogen) atoms. The second-order valence-corrected chi connectivity index (χ2v) is 5.89. The fourth-order valence-electron chi connectivity index (χ4n) is 2.00. The highest BCUT2D eigenvalue weighted by molar-refractivity contribution is 5.76. The quantitative estimate of drug-likeness (QED) is 0.382. The van der Waals surface area contributed by atoms with Crippen LogP contribution in [0, 0.1) is 0 Å². The van der Waals surface area contributed by atoms with Gasteiger partial charge in [-0.25, -0.2) is 0 Å². The number of amides is 2. The lowest BCUT2D eigenvalue weighted by Crippen LogP contribution is -2.27. The van der Waals surface area contributed by atoms with E-state index in [4.69, 9.17) is 10.2 Å². The first-order valence-corrected chi connectivity index (χ1v) is 8.31. The molecule has 130 valence electrons. The minimum Gasteiger partial charge on any atom is -0.393 e. The van der Waals surface area contributed by atoms with Crippen molar-refractivity contribution < 1.29 is 19.8 Å². The minimum atomic E-state index is -0.350. The molecule has 0 rings (SSSR count). The predicted molar refractivity (Wildman–Crippen MR) is 86.3 cm³/mol. The number of unbranched alkanes of at least 4 members (excludes halogenated alkanes) is 1. The maximum Gasteiger partial charge on any atom is 0.219 e. The van der Waals surface area contributed by atoms with Crippen molar-refractivity contribution in [2.75, 3.05) is 13.1 Å². The Hall–Kier alpha value is -1.14. The highest BCUT2D eigenvalue weighted by Gasteiger charge is 2.04. The van der Waals surface area contributed by atoms with Gasteiger partial charge in [-0.3, -0.25) is 9.59 Å². The SMILES string of the molecule is CC(O)CCCC(=O)NCCCCNC(=O)CCCC(C)O. The number of hydrogen-bond acceptors (Lipinski definition) is 4. The number of nitrogens with one attached hydrogen (secondary N) is 2. The van der Waals surface area contributed by atoms with Gasteiger partial charge in [0.05, 0.1) is 12.2 Å². The molecule has 0 aliphatic rings. The summed E-state index contributed by atoms with van der Waals surface area (Å²) in [6.45, 7) is 4.67. The number of rotatable bonds is 13. The predicted octanol–water partition coefficient (Wildman–Crippen LogP) is 1.10. The third kappa shape index (κ3) is 15.3. The van der Waals surface area contributed by atoms with Gasteiger partial charge in [0.2, 0.25) is 11.8 Å². The zero-order chi connectivity index (χ0) is 16.8. The molecule has 0 aromatic rings. The number of aliphatic hydroxyl groups excluding tert-OH is 2. The van der Waals surface area contributed by atoms with Crippen LogP contribution in [0.4, 0.5) is 0 Å². The van der Waals surface area contributed by atoms with Crippen molar-refractivity contribution in [3.63, 3.8) is 0 Å². The minimum absolute atomic E-state index is 0.0165. The molecule has 2 unspecified atom stereocenters. The first-order chi connectivity index (χ1) is 10.4. The summed E-state index contributed by atoms with van der Waals surface area (Å²) in [5.41, 5.74) is 0. The normalized spacial score (nSPS) is 13.5. The second kappa shape index (κ2) is 13.5. The fourth-order valence-corrected chi connectivity index (χ4v) is 2.00. The van der Waals surface area contributed by atoms with Crippen molar-refractivity contribution in [3.05, 3.63) is 0 Å². The molecule has 0 aliphatic carbocycles. The molecule has 0 aromatic heterocycles. The van der Waals surface area contributed by atoms with Crippen molar-refractivity contribution in [2.45, 2.75) is 77.4 Å². The number of hydrogen-bond donors (Lipinski definition) is 4. The van der Waals surface area contributed by atoms with E-state index in [0.717, 1.165) is 12.8 Å². The van der Waals surface area contributed by atoms with Gasteiger partial charge < -0.3 is 20.8 Å². The first-order valence-electron chi connectivity index (χ1n) is 8.31. The Labute approximate surface area is 133 Å². The summed E-state index contributed by atoms with van der Waals surface area (Å²) in [7, 11) is 0. The Kier molecular flexibility index (Phi) is 12.8. The lowest BCUT2D eigenvalue weighted by molar-refractivity contribution is -0.122. The van der Waals surface area contributed by atoms with E-state index in [-0.39, 0.29) is 24.0 Å². The summed E-state index contributed by atoms with van der Waals surface area (Å²) in [5, 5.41) is 23.8. The van der Waals surface area contributed by atoms with Gasteiger partial charge >= 0.3 is 0 Å². The van der Waals surface area contributed by atoms with Crippen molar-refractivity contribution >= 4 is 11.8 Å². The van der Waals surface area contributed by atoms with Crippen molar-refractivity contribution in [1.29, 1.82) is 0 Å². The van der Waals surface area contributed by atoms with Crippen LogP contribution in [0.2, 0.25) is 0 Å². The van der Waals surface area contributed by atoms with Gasteiger partial charge in [0.25, 0.3) is 0 Å². The van der Waals surface area contributed by atoms with Crippen LogP contribution in [-0.4, -0.2) is 47.3 Å². The smallest absolute Gasteiger partial charge is 0.219 e. The molecule has 0 fully saturated rings. The highest BCUT2D eigenvalue weighted by atomic mass is 16.3. The van der Waals surface area contributed by atoms with E-state index in [9.17, 15) is 9.59 Å². The topological polar surface area (TPSA) is 98.7 Å². The molecular weight excluding hydrogens is 284 g/mol. The summed E-state index contributed by atoms with van der Waals surface area (Å²) in [5.74, 6) is 0.0330. The third-order valence-corrected chi connectivity index (χ3v) is 3.30. The van der Waals surface area contributed by atoms with E-state index in [1.165, 1.54) is 0 Å². The zero-order valence-electron chi connectivity index (χ0n) is 13.9. The van der Waals surface area contributed by atoms with E-state index in [1.54, 1.807) is 13.8 Å². The van der Waals surface area contributed by atoms with Gasteiger partial charge in [-0.1, -0.05) is 0 Å². The molecule has 4 N–H and O–H groups in total. The van der Waals surface area contributed by atoms with Crippen LogP contribution in [-0.2, 0) is 9.59 Å². The summed E-state index contributed by atoms with van der Waals surface area (Å²) in [4.78, 5) is 22.9. The second-order valence-electron chi connectivity index (χ2n) is 5.89. The van der Waals surface area contributed by atoms with Gasteiger partial charge in [-0.15, -0.1) is 0 Å². The van der Waals surface area contributed by atoms with E-state index in [0.29, 0.717) is 51.6 Å². The molecule has 2 amide bonds. The largest absolute Gasteiger partial charge is 0.393 e. The van der Waals surface area contributed by atoms with Gasteiger partial charge in [0.1, 0.15) is 0 Å². The van der Waals surface area contributed by atoms with Crippen LogP contribution in [0.25, 0.3) is 0 Å². The Morgan fingerprint density at radius 1 is 0.773 bits per heavy atom. The highest BCUT2D eigenvalue weighted by Crippen LogP contribution is 2.00. The molecule has 0 aromatic carbocycles. The Morgan fingerprint density at radius 3 is 1.45 bits per heavy atom. The third-order valence-electron chi connectivity index (χ3n) is 3.30. The van der Waals surface area contributed by atoms with Crippen LogP contribution in [0.15, 0.2) is 0 Å². The molecule has 0 aliphatic heterocycles. The van der Waals surface area contributed by atoms with Crippen molar-refractivity contribution in [2.24, 2.45) is 0 Å². The first kappa shape index (κ1) is 20.9. The standard InChI is InChI=1S/C16H32N2O4/c1-13(19)7-5-9-15(21)17-11-3-4-12-18-16(22)10-6-8-14(2)20/h13-14,19-20H,3-12H2,1-2H3,(H,17,21)(H,18,22). The average molecular weight is 316 g/mol. The summed E-state index contributed by atoms with van der Waals surface area (Å²) < 4.78 is 0. The van der Waals surface area contributed by atoms with E-state index < -0.39 is 0 Å². The van der Waals surface area contributed by atoms with Gasteiger partial charge in [-0.05, 0) is 52.4 Å². The fraction of sp³-hybridized carbons (Fsp3) is 0.875. The Balaban J connectivity index is 3.35. The van der Waals surface area contributed by atoms with E-state index in [2.05, 4.69) is 10.6 Å². The Morgan fingerprint density at radius 2 is 1.14 bits per heavy atom. The molecular formula is C16H32N2O4. The van der Waals surface area contributed by atoms with Crippen LogP contribution < -0.4 is 10.6 Å². The van der Waals surface area contributed by atoms with Gasteiger partial charge in [-0.2, -0.15) is 0 Å². The molecule has 0 bridgehead atoms. The molecule has 6 nitrogen and oxygen atoms in total. The average Bonchev–Trinajstić information content (AvgIpc) is 2.41. The summed E-state index contributed by atoms with van der Waals surface area (Å²) in [6, 6.07) is 0. The van der Waals surface area contributed by atoms with Gasteiger partial charge in [0, 0.05) is 25.9 Å². The maximum absolute atomic E-state index is 11.5. The molecule has 0 radical (unpaired) electrons. The molecule has 0 saturated heterocycles. The lowest BCUT2D eigenvalue weighted by Gasteiger charge is -2.08. The van der Waals surface area contributed by atoms with Crippen molar-refractivity contribution in [3.8, 4) is 0 Å². The molecule has 6 heteroatoms. The van der Waals surface area contributed by atoms with E-state index >= 15 is 0 Å². The lowest BCUT2D eigenvalue weighted by atomic mass is 10.1. The molecule has 0 spiro atoms. The van der Waals surface area contributed by atoms with Crippen molar-refractivity contribution in [1.82, 2.24) is 10.6 Å². The van der Waals surface area contributed by atoms with Crippen LogP contribution in [0.1, 0.15) is 65.2 Å². The van der Waals surface area contributed by atoms with Gasteiger partial charge in [0.15, 0.2) is 0 Å². The molecule has 2 atom stereocenters. The van der Waals surface area contributed by atoms with Crippen LogP contribution >= 0.6 is 0 Å². The number of carbonyl (C=O) groups excluding carboxylic acids is 2. The summed E-state index contributed by atoms with van der Waals surface area (Å²) >= 11 is 0. The Bertz CT molecular complexity index is 277. The van der Waals surface area contributed by atoms with Crippen LogP contribution in [0.5, 0.6) is 0 Å². The van der Waals surface area contributed by atoms with E-state index in [1.807, 2.05) is 0 Å². The zero-order valence-corrected chi connectivity index (χ0v) is 13.9. The molecule has 0 saturated carbocycles. The summed E-state index contributed by atoms with van der Waals surface area (Å²) in [6.07, 6.45) is 4.55. The number of carbonyl (C=O) groups is 2. The number of aliphatic hydroxyl groups is 2. The monoisotopic (exact) mass is 316 g/mol. The maximum atomic E-state index is 11.5. The molecule has 0 heterocycles.